The number of furan rings is 1. The molecule has 0 saturated heterocycles. The summed E-state index contributed by atoms with van der Waals surface area (Å²) < 4.78 is 6.17. The molecule has 0 aliphatic heterocycles. The van der Waals surface area contributed by atoms with Crippen molar-refractivity contribution in [3.8, 4) is 6.07 Å². The number of thioether (sulfide) groups is 1. The van der Waals surface area contributed by atoms with E-state index < -0.39 is 0 Å². The van der Waals surface area contributed by atoms with Crippen LogP contribution in [0.5, 0.6) is 0 Å². The van der Waals surface area contributed by atoms with Crippen LogP contribution >= 0.6 is 23.1 Å². The summed E-state index contributed by atoms with van der Waals surface area (Å²) in [4.78, 5) is 12.3. The van der Waals surface area contributed by atoms with Crippen LogP contribution in [0, 0.1) is 11.3 Å². The third-order valence-corrected chi connectivity index (χ3v) is 5.52. The smallest absolute Gasteiger partial charge is 0.234 e. The van der Waals surface area contributed by atoms with Crippen LogP contribution in [0.3, 0.4) is 0 Å². The molecule has 1 amide bonds. The summed E-state index contributed by atoms with van der Waals surface area (Å²) >= 11 is 2.73. The molecule has 0 aliphatic rings. The lowest BCUT2D eigenvalue weighted by atomic mass is 10.2. The quantitative estimate of drug-likeness (QED) is 0.443. The minimum absolute atomic E-state index is 0.0999. The Morgan fingerprint density at radius 2 is 2.23 bits per heavy atom. The fraction of sp³-hybridized carbons (Fsp3) is 0.294. The molecule has 2 heterocycles. The van der Waals surface area contributed by atoms with E-state index in [-0.39, 0.29) is 17.4 Å². The number of nitriles is 1. The second-order valence-electron chi connectivity index (χ2n) is 5.40. The van der Waals surface area contributed by atoms with E-state index in [1.54, 1.807) is 12.1 Å². The number of fused-ring (bicyclic) bond motifs is 1. The molecule has 0 aliphatic carbocycles. The SMILES string of the molecule is CCCCNc1nnc(SCC(=O)Nc2c(C#N)oc3ccccc23)s1. The standard InChI is InChI=1S/C17H17N5O2S2/c1-2-3-8-19-16-21-22-17(26-16)25-10-14(23)20-15-11-6-4-5-7-12(11)24-13(15)9-18/h4-7H,2-3,8,10H2,1H3,(H,19,21)(H,20,23). The monoisotopic (exact) mass is 387 g/mol. The zero-order valence-electron chi connectivity index (χ0n) is 14.1. The van der Waals surface area contributed by atoms with Gasteiger partial charge in [0.05, 0.1) is 5.75 Å². The molecule has 0 atom stereocenters. The molecule has 9 heteroatoms. The van der Waals surface area contributed by atoms with Gasteiger partial charge in [-0.05, 0) is 18.6 Å². The largest absolute Gasteiger partial charge is 0.443 e. The maximum absolute atomic E-state index is 12.3. The van der Waals surface area contributed by atoms with Crippen molar-refractivity contribution in [3.05, 3.63) is 30.0 Å². The Bertz CT molecular complexity index is 944. The van der Waals surface area contributed by atoms with Gasteiger partial charge in [0.1, 0.15) is 17.3 Å². The number of nitrogens with one attached hydrogen (secondary N) is 2. The van der Waals surface area contributed by atoms with Gasteiger partial charge >= 0.3 is 0 Å². The van der Waals surface area contributed by atoms with Crippen LogP contribution in [0.2, 0.25) is 0 Å². The topological polar surface area (TPSA) is 104 Å². The van der Waals surface area contributed by atoms with Crippen molar-refractivity contribution in [1.29, 1.82) is 5.26 Å². The van der Waals surface area contributed by atoms with Gasteiger partial charge in [-0.1, -0.05) is 48.6 Å². The maximum atomic E-state index is 12.3. The Balaban J connectivity index is 1.59. The van der Waals surface area contributed by atoms with Gasteiger partial charge in [0.15, 0.2) is 4.34 Å². The third-order valence-electron chi connectivity index (χ3n) is 3.50. The number of benzene rings is 1. The van der Waals surface area contributed by atoms with E-state index in [1.807, 2.05) is 18.2 Å². The first kappa shape index (κ1) is 18.2. The highest BCUT2D eigenvalue weighted by Gasteiger charge is 2.16. The fourth-order valence-corrected chi connectivity index (χ4v) is 3.84. The van der Waals surface area contributed by atoms with Gasteiger partial charge in [-0.15, -0.1) is 10.2 Å². The molecular formula is C17H17N5O2S2. The van der Waals surface area contributed by atoms with Crippen LogP contribution in [0.15, 0.2) is 33.0 Å². The summed E-state index contributed by atoms with van der Waals surface area (Å²) in [6.45, 7) is 2.99. The predicted molar refractivity (Wildman–Crippen MR) is 104 cm³/mol. The molecule has 0 saturated carbocycles. The molecule has 3 aromatic rings. The molecule has 26 heavy (non-hydrogen) atoms. The van der Waals surface area contributed by atoms with E-state index in [4.69, 9.17) is 4.42 Å². The average Bonchev–Trinajstić information content (AvgIpc) is 3.25. The average molecular weight is 387 g/mol. The normalized spacial score (nSPS) is 10.6. The van der Waals surface area contributed by atoms with Crippen LogP contribution in [-0.4, -0.2) is 28.4 Å². The molecule has 3 rings (SSSR count). The molecule has 0 spiro atoms. The molecule has 1 aromatic carbocycles. The number of amides is 1. The number of para-hydroxylation sites is 1. The molecular weight excluding hydrogens is 370 g/mol. The second kappa shape index (κ2) is 8.69. The van der Waals surface area contributed by atoms with Crippen molar-refractivity contribution in [2.45, 2.75) is 24.1 Å². The van der Waals surface area contributed by atoms with Crippen LogP contribution in [0.1, 0.15) is 25.5 Å². The van der Waals surface area contributed by atoms with E-state index in [2.05, 4.69) is 27.8 Å². The van der Waals surface area contributed by atoms with Crippen molar-refractivity contribution in [3.63, 3.8) is 0 Å². The maximum Gasteiger partial charge on any atom is 0.234 e. The van der Waals surface area contributed by atoms with Crippen LogP contribution < -0.4 is 10.6 Å². The molecule has 0 radical (unpaired) electrons. The molecule has 0 fully saturated rings. The van der Waals surface area contributed by atoms with Gasteiger partial charge in [-0.2, -0.15) is 5.26 Å². The number of carbonyl (C=O) groups excluding carboxylic acids is 1. The van der Waals surface area contributed by atoms with Crippen molar-refractivity contribution < 1.29 is 9.21 Å². The number of hydrogen-bond acceptors (Lipinski definition) is 8. The van der Waals surface area contributed by atoms with Crippen molar-refractivity contribution >= 4 is 50.8 Å². The Kier molecular flexibility index (Phi) is 6.09. The summed E-state index contributed by atoms with van der Waals surface area (Å²) in [5, 5.41) is 24.8. The van der Waals surface area contributed by atoms with Gasteiger partial charge < -0.3 is 15.1 Å². The van der Waals surface area contributed by atoms with Crippen molar-refractivity contribution in [1.82, 2.24) is 10.2 Å². The molecule has 134 valence electrons. The molecule has 0 unspecified atom stereocenters. The van der Waals surface area contributed by atoms with E-state index in [0.29, 0.717) is 16.7 Å². The first-order valence-electron chi connectivity index (χ1n) is 8.13. The lowest BCUT2D eigenvalue weighted by Gasteiger charge is -2.02. The van der Waals surface area contributed by atoms with Gasteiger partial charge in [0.2, 0.25) is 16.8 Å². The molecule has 0 bridgehead atoms. The fourth-order valence-electron chi connectivity index (χ4n) is 2.26. The third kappa shape index (κ3) is 4.33. The van der Waals surface area contributed by atoms with E-state index in [1.165, 1.54) is 23.1 Å². The number of hydrogen-bond donors (Lipinski definition) is 2. The number of nitrogens with zero attached hydrogens (tertiary/aromatic N) is 3. The first-order chi connectivity index (χ1) is 12.7. The van der Waals surface area contributed by atoms with Crippen LogP contribution in [-0.2, 0) is 4.79 Å². The molecule has 7 nitrogen and oxygen atoms in total. The van der Waals surface area contributed by atoms with Gasteiger partial charge in [0.25, 0.3) is 0 Å². The molecule has 2 N–H and O–H groups in total. The summed E-state index contributed by atoms with van der Waals surface area (Å²) in [5.74, 6) is 0.0464. The number of anilines is 2. The summed E-state index contributed by atoms with van der Waals surface area (Å²) in [6.07, 6.45) is 2.19. The lowest BCUT2D eigenvalue weighted by molar-refractivity contribution is -0.113. The Morgan fingerprint density at radius 1 is 1.38 bits per heavy atom. The predicted octanol–water partition coefficient (Wildman–Crippen LogP) is 4.10. The molecule has 2 aromatic heterocycles. The van der Waals surface area contributed by atoms with Crippen LogP contribution in [0.25, 0.3) is 11.0 Å². The minimum Gasteiger partial charge on any atom is -0.443 e. The Hall–Kier alpha value is -2.57. The van der Waals surface area contributed by atoms with Crippen LogP contribution in [0.4, 0.5) is 10.8 Å². The highest BCUT2D eigenvalue weighted by molar-refractivity contribution is 8.01. The van der Waals surface area contributed by atoms with E-state index >= 15 is 0 Å². The van der Waals surface area contributed by atoms with E-state index in [9.17, 15) is 10.1 Å². The summed E-state index contributed by atoms with van der Waals surface area (Å²) in [6, 6.07) is 9.19. The first-order valence-corrected chi connectivity index (χ1v) is 9.93. The number of aromatic nitrogens is 2. The second-order valence-corrected chi connectivity index (χ2v) is 7.60. The van der Waals surface area contributed by atoms with Crippen molar-refractivity contribution in [2.24, 2.45) is 0 Å². The van der Waals surface area contributed by atoms with Gasteiger partial charge in [-0.25, -0.2) is 0 Å². The van der Waals surface area contributed by atoms with Crippen molar-refractivity contribution in [2.75, 3.05) is 22.9 Å². The summed E-state index contributed by atoms with van der Waals surface area (Å²) in [7, 11) is 0. The zero-order chi connectivity index (χ0) is 18.4. The van der Waals surface area contributed by atoms with E-state index in [0.717, 1.165) is 28.9 Å². The van der Waals surface area contributed by atoms with Gasteiger partial charge in [0, 0.05) is 11.9 Å². The van der Waals surface area contributed by atoms with Gasteiger partial charge in [-0.3, -0.25) is 4.79 Å². The Labute approximate surface area is 158 Å². The summed E-state index contributed by atoms with van der Waals surface area (Å²) in [5.41, 5.74) is 0.979. The lowest BCUT2D eigenvalue weighted by Crippen LogP contribution is -2.14. The Morgan fingerprint density at radius 3 is 3.04 bits per heavy atom. The highest BCUT2D eigenvalue weighted by atomic mass is 32.2. The highest BCUT2D eigenvalue weighted by Crippen LogP contribution is 2.31. The zero-order valence-corrected chi connectivity index (χ0v) is 15.7. The minimum atomic E-state index is -0.228. The number of carbonyl (C=O) groups is 1. The number of rotatable bonds is 8. The number of unbranched alkanes of at least 4 members (excludes halogenated alkanes) is 1.